The molecule has 0 atom stereocenters. The van der Waals surface area contributed by atoms with Gasteiger partial charge in [-0.15, -0.1) is 0 Å². The largest absolute Gasteiger partial charge is 0.356 e. The van der Waals surface area contributed by atoms with Crippen LogP contribution in [0.5, 0.6) is 0 Å². The summed E-state index contributed by atoms with van der Waals surface area (Å²) >= 11 is 5.87. The van der Waals surface area contributed by atoms with E-state index in [0.29, 0.717) is 33.2 Å². The summed E-state index contributed by atoms with van der Waals surface area (Å²) in [7, 11) is 0. The summed E-state index contributed by atoms with van der Waals surface area (Å²) in [6.07, 6.45) is 0.0319. The fourth-order valence-electron chi connectivity index (χ4n) is 2.93. The van der Waals surface area contributed by atoms with Gasteiger partial charge in [0.05, 0.1) is 17.7 Å². The zero-order valence-electron chi connectivity index (χ0n) is 15.2. The number of para-hydroxylation sites is 2. The molecule has 144 valence electrons. The van der Waals surface area contributed by atoms with E-state index in [0.717, 1.165) is 5.39 Å². The second-order valence-electron chi connectivity index (χ2n) is 6.36. The number of benzene rings is 3. The van der Waals surface area contributed by atoms with E-state index in [1.807, 2.05) is 18.2 Å². The summed E-state index contributed by atoms with van der Waals surface area (Å²) < 4.78 is 5.23. The van der Waals surface area contributed by atoms with Crippen molar-refractivity contribution in [2.75, 3.05) is 10.6 Å². The highest BCUT2D eigenvalue weighted by Gasteiger charge is 2.16. The van der Waals surface area contributed by atoms with Crippen LogP contribution in [0, 0.1) is 0 Å². The number of amides is 2. The van der Waals surface area contributed by atoms with Crippen molar-refractivity contribution < 1.29 is 14.1 Å². The maximum absolute atomic E-state index is 12.7. The van der Waals surface area contributed by atoms with Crippen LogP contribution in [0.3, 0.4) is 0 Å². The molecule has 2 amide bonds. The minimum Gasteiger partial charge on any atom is -0.356 e. The molecule has 0 unspecified atom stereocenters. The molecule has 7 heteroatoms. The summed E-state index contributed by atoms with van der Waals surface area (Å²) in [6.45, 7) is 0. The highest BCUT2D eigenvalue weighted by Crippen LogP contribution is 2.21. The van der Waals surface area contributed by atoms with Crippen molar-refractivity contribution >= 4 is 45.8 Å². The van der Waals surface area contributed by atoms with Crippen LogP contribution < -0.4 is 10.6 Å². The Kier molecular flexibility index (Phi) is 5.27. The molecule has 4 rings (SSSR count). The number of rotatable bonds is 5. The molecule has 2 N–H and O–H groups in total. The van der Waals surface area contributed by atoms with E-state index in [9.17, 15) is 9.59 Å². The Hall–Kier alpha value is -3.64. The lowest BCUT2D eigenvalue weighted by molar-refractivity contribution is -0.115. The smallest absolute Gasteiger partial charge is 0.257 e. The summed E-state index contributed by atoms with van der Waals surface area (Å²) in [5.41, 5.74) is 2.53. The van der Waals surface area contributed by atoms with Crippen molar-refractivity contribution in [2.45, 2.75) is 6.42 Å². The summed E-state index contributed by atoms with van der Waals surface area (Å²) in [4.78, 5) is 25.2. The number of aromatic nitrogens is 1. The average Bonchev–Trinajstić information content (AvgIpc) is 3.13. The van der Waals surface area contributed by atoms with Gasteiger partial charge in [-0.3, -0.25) is 9.59 Å². The van der Waals surface area contributed by atoms with Gasteiger partial charge in [-0.2, -0.15) is 0 Å². The molecule has 0 saturated carbocycles. The molecule has 0 aliphatic carbocycles. The Morgan fingerprint density at radius 2 is 1.62 bits per heavy atom. The van der Waals surface area contributed by atoms with E-state index in [1.54, 1.807) is 54.6 Å². The van der Waals surface area contributed by atoms with Gasteiger partial charge in [0, 0.05) is 16.1 Å². The third-order valence-electron chi connectivity index (χ3n) is 4.33. The molecule has 1 aromatic heterocycles. The molecule has 1 heterocycles. The Labute approximate surface area is 171 Å². The number of anilines is 2. The first-order chi connectivity index (χ1) is 14.1. The van der Waals surface area contributed by atoms with Gasteiger partial charge < -0.3 is 15.2 Å². The standard InChI is InChI=1S/C22H16ClN3O3/c23-14-9-11-15(12-10-14)24-22(28)17-6-1-3-7-18(17)25-21(27)13-19-16-5-2-4-8-20(16)29-26-19/h1-12H,13H2,(H,24,28)(H,25,27). The summed E-state index contributed by atoms with van der Waals surface area (Å²) in [6, 6.07) is 20.9. The second-order valence-corrected chi connectivity index (χ2v) is 6.79. The van der Waals surface area contributed by atoms with Gasteiger partial charge in [0.25, 0.3) is 5.91 Å². The number of halogens is 1. The van der Waals surface area contributed by atoms with Crippen molar-refractivity contribution in [2.24, 2.45) is 0 Å². The molecule has 0 fully saturated rings. The predicted octanol–water partition coefficient (Wildman–Crippen LogP) is 4.91. The van der Waals surface area contributed by atoms with E-state index < -0.39 is 0 Å². The van der Waals surface area contributed by atoms with Crippen molar-refractivity contribution in [3.63, 3.8) is 0 Å². The van der Waals surface area contributed by atoms with Gasteiger partial charge in [0.2, 0.25) is 5.91 Å². The van der Waals surface area contributed by atoms with Crippen molar-refractivity contribution in [1.82, 2.24) is 5.16 Å². The van der Waals surface area contributed by atoms with Crippen LogP contribution in [-0.2, 0) is 11.2 Å². The third kappa shape index (κ3) is 4.28. The lowest BCUT2D eigenvalue weighted by Gasteiger charge is -2.11. The molecule has 4 aromatic rings. The lowest BCUT2D eigenvalue weighted by atomic mass is 10.1. The highest BCUT2D eigenvalue weighted by molar-refractivity contribution is 6.30. The number of nitrogens with one attached hydrogen (secondary N) is 2. The normalized spacial score (nSPS) is 10.7. The van der Waals surface area contributed by atoms with Gasteiger partial charge in [0.1, 0.15) is 5.69 Å². The molecule has 3 aromatic carbocycles. The fourth-order valence-corrected chi connectivity index (χ4v) is 3.06. The van der Waals surface area contributed by atoms with Crippen molar-refractivity contribution in [1.29, 1.82) is 0 Å². The zero-order valence-corrected chi connectivity index (χ0v) is 15.9. The molecule has 0 aliphatic rings. The maximum atomic E-state index is 12.7. The van der Waals surface area contributed by atoms with Gasteiger partial charge in [-0.05, 0) is 48.5 Å². The Bertz CT molecular complexity index is 1190. The third-order valence-corrected chi connectivity index (χ3v) is 4.58. The zero-order chi connectivity index (χ0) is 20.2. The second kappa shape index (κ2) is 8.16. The van der Waals surface area contributed by atoms with Crippen LogP contribution in [0.25, 0.3) is 11.0 Å². The Morgan fingerprint density at radius 3 is 2.45 bits per heavy atom. The molecular weight excluding hydrogens is 390 g/mol. The quantitative estimate of drug-likeness (QED) is 0.493. The van der Waals surface area contributed by atoms with E-state index in [-0.39, 0.29) is 18.2 Å². The Balaban J connectivity index is 1.49. The number of nitrogens with zero attached hydrogens (tertiary/aromatic N) is 1. The molecule has 0 radical (unpaired) electrons. The number of hydrogen-bond acceptors (Lipinski definition) is 4. The van der Waals surface area contributed by atoms with Crippen LogP contribution in [0.1, 0.15) is 16.1 Å². The molecular formula is C22H16ClN3O3. The minimum atomic E-state index is -0.338. The maximum Gasteiger partial charge on any atom is 0.257 e. The van der Waals surface area contributed by atoms with Gasteiger partial charge in [0.15, 0.2) is 5.58 Å². The lowest BCUT2D eigenvalue weighted by Crippen LogP contribution is -2.19. The molecule has 0 spiro atoms. The van der Waals surface area contributed by atoms with Crippen molar-refractivity contribution in [3.05, 3.63) is 89.1 Å². The SMILES string of the molecule is O=C(Cc1noc2ccccc12)Nc1ccccc1C(=O)Nc1ccc(Cl)cc1. The number of carbonyl (C=O) groups excluding carboxylic acids is 2. The molecule has 29 heavy (non-hydrogen) atoms. The van der Waals surface area contributed by atoms with Crippen LogP contribution in [-0.4, -0.2) is 17.0 Å². The van der Waals surface area contributed by atoms with Crippen LogP contribution in [0.4, 0.5) is 11.4 Å². The summed E-state index contributed by atoms with van der Waals surface area (Å²) in [5, 5.41) is 10.9. The number of carbonyl (C=O) groups is 2. The molecule has 0 aliphatic heterocycles. The fraction of sp³-hybridized carbons (Fsp3) is 0.0455. The van der Waals surface area contributed by atoms with Gasteiger partial charge >= 0.3 is 0 Å². The summed E-state index contributed by atoms with van der Waals surface area (Å²) in [5.74, 6) is -0.633. The van der Waals surface area contributed by atoms with Crippen LogP contribution in [0.15, 0.2) is 77.3 Å². The first kappa shape index (κ1) is 18.7. The van der Waals surface area contributed by atoms with E-state index in [2.05, 4.69) is 15.8 Å². The van der Waals surface area contributed by atoms with Gasteiger partial charge in [-0.1, -0.05) is 41.0 Å². The minimum absolute atomic E-state index is 0.0319. The monoisotopic (exact) mass is 405 g/mol. The molecule has 0 bridgehead atoms. The Morgan fingerprint density at radius 1 is 0.897 bits per heavy atom. The average molecular weight is 406 g/mol. The first-order valence-corrected chi connectivity index (χ1v) is 9.27. The van der Waals surface area contributed by atoms with Crippen LogP contribution in [0.2, 0.25) is 5.02 Å². The van der Waals surface area contributed by atoms with Gasteiger partial charge in [-0.25, -0.2) is 0 Å². The van der Waals surface area contributed by atoms with Crippen molar-refractivity contribution in [3.8, 4) is 0 Å². The van der Waals surface area contributed by atoms with Crippen LogP contribution >= 0.6 is 11.6 Å². The van der Waals surface area contributed by atoms with E-state index in [4.69, 9.17) is 16.1 Å². The highest BCUT2D eigenvalue weighted by atomic mass is 35.5. The molecule has 0 saturated heterocycles. The number of hydrogen-bond donors (Lipinski definition) is 2. The van der Waals surface area contributed by atoms with E-state index in [1.165, 1.54) is 0 Å². The number of fused-ring (bicyclic) bond motifs is 1. The predicted molar refractivity (Wildman–Crippen MR) is 112 cm³/mol. The topological polar surface area (TPSA) is 84.2 Å². The molecule has 6 nitrogen and oxygen atoms in total. The van der Waals surface area contributed by atoms with E-state index >= 15 is 0 Å². The first-order valence-electron chi connectivity index (χ1n) is 8.89.